The molecule has 1 aliphatic carbocycles. The molecule has 1 saturated carbocycles. The lowest BCUT2D eigenvalue weighted by atomic mass is 9.67. The number of benzene rings is 1. The normalized spacial score (nSPS) is 36.4. The minimum absolute atomic E-state index is 0.126. The van der Waals surface area contributed by atoms with Crippen LogP contribution in [-0.2, 0) is 0 Å². The second-order valence-corrected chi connectivity index (χ2v) is 5.38. The van der Waals surface area contributed by atoms with Crippen molar-refractivity contribution in [2.75, 3.05) is 7.05 Å². The molecule has 0 saturated heterocycles. The number of fused-ring (bicyclic) bond motifs is 1. The molecule has 3 rings (SSSR count). The average Bonchev–Trinajstić information content (AvgIpc) is 2.26. The van der Waals surface area contributed by atoms with E-state index in [1.165, 1.54) is 18.4 Å². The highest BCUT2D eigenvalue weighted by molar-refractivity contribution is 5.39. The molecule has 86 valence electrons. The van der Waals surface area contributed by atoms with E-state index in [1.54, 1.807) is 0 Å². The highest BCUT2D eigenvalue weighted by atomic mass is 16.5. The molecule has 2 heteroatoms. The summed E-state index contributed by atoms with van der Waals surface area (Å²) in [5.41, 5.74) is 1.44. The Kier molecular flexibility index (Phi) is 2.21. The first kappa shape index (κ1) is 10.2. The standard InChI is InChI=1S/C14H19NO/c1-10-7-14(8-10)9-12(15-2)11-5-3-4-6-13(11)16-14/h3-6,10,12,15H,7-9H2,1-2H3. The van der Waals surface area contributed by atoms with Gasteiger partial charge >= 0.3 is 0 Å². The SMILES string of the molecule is CNC1CC2(CC(C)C2)Oc2ccccc21. The average molecular weight is 217 g/mol. The molecule has 0 aromatic heterocycles. The second-order valence-electron chi connectivity index (χ2n) is 5.38. The van der Waals surface area contributed by atoms with Gasteiger partial charge in [0.05, 0.1) is 0 Å². The topological polar surface area (TPSA) is 21.3 Å². The molecule has 1 unspecified atom stereocenters. The molecule has 1 heterocycles. The van der Waals surface area contributed by atoms with Gasteiger partial charge in [0.2, 0.25) is 0 Å². The summed E-state index contributed by atoms with van der Waals surface area (Å²) < 4.78 is 6.22. The van der Waals surface area contributed by atoms with Gasteiger partial charge in [0.1, 0.15) is 11.4 Å². The molecule has 0 bridgehead atoms. The van der Waals surface area contributed by atoms with E-state index < -0.39 is 0 Å². The van der Waals surface area contributed by atoms with Gasteiger partial charge in [-0.25, -0.2) is 0 Å². The molecule has 1 fully saturated rings. The van der Waals surface area contributed by atoms with Crippen LogP contribution in [0.3, 0.4) is 0 Å². The van der Waals surface area contributed by atoms with Crippen molar-refractivity contribution < 1.29 is 4.74 Å². The lowest BCUT2D eigenvalue weighted by Gasteiger charge is -2.51. The first-order valence-corrected chi connectivity index (χ1v) is 6.18. The van der Waals surface area contributed by atoms with Crippen LogP contribution in [0.4, 0.5) is 0 Å². The molecular weight excluding hydrogens is 198 g/mol. The van der Waals surface area contributed by atoms with Crippen molar-refractivity contribution in [3.8, 4) is 5.75 Å². The summed E-state index contributed by atoms with van der Waals surface area (Å²) in [5, 5.41) is 3.42. The lowest BCUT2D eigenvalue weighted by Crippen LogP contribution is -2.52. The maximum Gasteiger partial charge on any atom is 0.124 e. The second kappa shape index (κ2) is 3.49. The molecular formula is C14H19NO. The Morgan fingerprint density at radius 3 is 2.69 bits per heavy atom. The molecule has 1 spiro atoms. The minimum Gasteiger partial charge on any atom is -0.487 e. The first-order chi connectivity index (χ1) is 7.72. The molecule has 0 radical (unpaired) electrons. The van der Waals surface area contributed by atoms with Crippen molar-refractivity contribution in [1.82, 2.24) is 5.32 Å². The zero-order valence-electron chi connectivity index (χ0n) is 9.99. The Labute approximate surface area is 97.0 Å². The molecule has 16 heavy (non-hydrogen) atoms. The fourth-order valence-corrected chi connectivity index (χ4v) is 3.34. The van der Waals surface area contributed by atoms with E-state index in [2.05, 4.69) is 36.5 Å². The van der Waals surface area contributed by atoms with Gasteiger partial charge in [-0.2, -0.15) is 0 Å². The van der Waals surface area contributed by atoms with Crippen LogP contribution in [0, 0.1) is 5.92 Å². The summed E-state index contributed by atoms with van der Waals surface area (Å²) in [7, 11) is 2.04. The van der Waals surface area contributed by atoms with Gasteiger partial charge in [-0.1, -0.05) is 25.1 Å². The monoisotopic (exact) mass is 217 g/mol. The fraction of sp³-hybridized carbons (Fsp3) is 0.571. The number of hydrogen-bond donors (Lipinski definition) is 1. The smallest absolute Gasteiger partial charge is 0.124 e. The van der Waals surface area contributed by atoms with Crippen molar-refractivity contribution in [3.05, 3.63) is 29.8 Å². The van der Waals surface area contributed by atoms with Crippen molar-refractivity contribution in [3.63, 3.8) is 0 Å². The molecule has 1 aliphatic heterocycles. The van der Waals surface area contributed by atoms with E-state index >= 15 is 0 Å². The maximum absolute atomic E-state index is 6.22. The summed E-state index contributed by atoms with van der Waals surface area (Å²) in [6.07, 6.45) is 3.53. The van der Waals surface area contributed by atoms with Crippen LogP contribution in [0.5, 0.6) is 5.75 Å². The Hall–Kier alpha value is -1.02. The van der Waals surface area contributed by atoms with Gasteiger partial charge in [0.15, 0.2) is 0 Å². The Morgan fingerprint density at radius 1 is 1.25 bits per heavy atom. The summed E-state index contributed by atoms with van der Waals surface area (Å²) in [6, 6.07) is 8.88. The molecule has 1 N–H and O–H groups in total. The predicted molar refractivity (Wildman–Crippen MR) is 64.6 cm³/mol. The summed E-state index contributed by atoms with van der Waals surface area (Å²) in [6.45, 7) is 2.31. The van der Waals surface area contributed by atoms with Crippen molar-refractivity contribution in [2.24, 2.45) is 5.92 Å². The number of rotatable bonds is 1. The Morgan fingerprint density at radius 2 is 2.00 bits per heavy atom. The van der Waals surface area contributed by atoms with Crippen molar-refractivity contribution >= 4 is 0 Å². The Balaban J connectivity index is 1.93. The first-order valence-electron chi connectivity index (χ1n) is 6.18. The number of para-hydroxylation sites is 1. The lowest BCUT2D eigenvalue weighted by molar-refractivity contribution is -0.0683. The molecule has 2 aliphatic rings. The highest BCUT2D eigenvalue weighted by Gasteiger charge is 2.48. The third kappa shape index (κ3) is 1.44. The number of ether oxygens (including phenoxy) is 1. The van der Waals surface area contributed by atoms with Gasteiger partial charge in [-0.15, -0.1) is 0 Å². The molecule has 1 aromatic rings. The summed E-state index contributed by atoms with van der Waals surface area (Å²) >= 11 is 0. The van der Waals surface area contributed by atoms with Crippen LogP contribution in [-0.4, -0.2) is 12.6 Å². The van der Waals surface area contributed by atoms with E-state index in [0.717, 1.165) is 18.1 Å². The fourth-order valence-electron chi connectivity index (χ4n) is 3.34. The highest BCUT2D eigenvalue weighted by Crippen LogP contribution is 2.50. The van der Waals surface area contributed by atoms with Gasteiger partial charge in [0, 0.05) is 18.0 Å². The van der Waals surface area contributed by atoms with Crippen LogP contribution in [0.1, 0.15) is 37.8 Å². The van der Waals surface area contributed by atoms with Crippen LogP contribution in [0.2, 0.25) is 0 Å². The zero-order chi connectivity index (χ0) is 11.2. The third-order valence-corrected chi connectivity index (χ3v) is 3.99. The maximum atomic E-state index is 6.22. The van der Waals surface area contributed by atoms with E-state index in [0.29, 0.717) is 6.04 Å². The summed E-state index contributed by atoms with van der Waals surface area (Å²) in [5.74, 6) is 1.91. The zero-order valence-corrected chi connectivity index (χ0v) is 9.99. The third-order valence-electron chi connectivity index (χ3n) is 3.99. The van der Waals surface area contributed by atoms with Gasteiger partial charge < -0.3 is 10.1 Å². The van der Waals surface area contributed by atoms with Gasteiger partial charge in [-0.3, -0.25) is 0 Å². The van der Waals surface area contributed by atoms with Crippen LogP contribution in [0.15, 0.2) is 24.3 Å². The minimum atomic E-state index is 0.126. The molecule has 1 aromatic carbocycles. The Bertz CT molecular complexity index is 395. The van der Waals surface area contributed by atoms with E-state index in [4.69, 9.17) is 4.74 Å². The predicted octanol–water partition coefficient (Wildman–Crippen LogP) is 2.90. The quantitative estimate of drug-likeness (QED) is 0.781. The van der Waals surface area contributed by atoms with Crippen LogP contribution < -0.4 is 10.1 Å². The van der Waals surface area contributed by atoms with Crippen molar-refractivity contribution in [1.29, 1.82) is 0 Å². The molecule has 1 atom stereocenters. The number of hydrogen-bond acceptors (Lipinski definition) is 2. The van der Waals surface area contributed by atoms with Crippen LogP contribution >= 0.6 is 0 Å². The molecule has 0 amide bonds. The molecule has 2 nitrogen and oxygen atoms in total. The van der Waals surface area contributed by atoms with Gasteiger partial charge in [-0.05, 0) is 31.9 Å². The van der Waals surface area contributed by atoms with E-state index in [1.807, 2.05) is 7.05 Å². The van der Waals surface area contributed by atoms with Crippen molar-refractivity contribution in [2.45, 2.75) is 37.8 Å². The van der Waals surface area contributed by atoms with Gasteiger partial charge in [0.25, 0.3) is 0 Å². The van der Waals surface area contributed by atoms with E-state index in [9.17, 15) is 0 Å². The largest absolute Gasteiger partial charge is 0.487 e. The van der Waals surface area contributed by atoms with Crippen LogP contribution in [0.25, 0.3) is 0 Å². The number of nitrogens with one attached hydrogen (secondary N) is 1. The summed E-state index contributed by atoms with van der Waals surface area (Å²) in [4.78, 5) is 0. The van der Waals surface area contributed by atoms with E-state index in [-0.39, 0.29) is 5.60 Å².